The van der Waals surface area contributed by atoms with Crippen LogP contribution in [0.2, 0.25) is 19.6 Å². The van der Waals surface area contributed by atoms with Crippen molar-refractivity contribution in [2.75, 3.05) is 0 Å². The van der Waals surface area contributed by atoms with Gasteiger partial charge in [-0.1, -0.05) is 67.3 Å². The van der Waals surface area contributed by atoms with Gasteiger partial charge in [-0.15, -0.1) is 0 Å². The molecule has 5 aromatic rings. The van der Waals surface area contributed by atoms with Gasteiger partial charge < -0.3 is 4.74 Å². The van der Waals surface area contributed by atoms with E-state index in [1.807, 2.05) is 0 Å². The van der Waals surface area contributed by atoms with Crippen LogP contribution in [0, 0.1) is 13.8 Å². The number of aryl methyl sites for hydroxylation is 3. The van der Waals surface area contributed by atoms with Gasteiger partial charge in [0, 0.05) is 11.6 Å². The van der Waals surface area contributed by atoms with Gasteiger partial charge in [0.1, 0.15) is 18.5 Å². The van der Waals surface area contributed by atoms with Gasteiger partial charge in [0.05, 0.1) is 19.0 Å². The van der Waals surface area contributed by atoms with Gasteiger partial charge in [0.15, 0.2) is 6.20 Å². The summed E-state index contributed by atoms with van der Waals surface area (Å²) in [4.78, 5) is 0. The summed E-state index contributed by atoms with van der Waals surface area (Å²) in [6.07, 6.45) is 2.20. The molecule has 6 rings (SSSR count). The highest BCUT2D eigenvalue weighted by molar-refractivity contribution is 6.88. The van der Waals surface area contributed by atoms with E-state index in [-0.39, 0.29) is 0 Å². The van der Waals surface area contributed by atoms with Crippen LogP contribution in [0.1, 0.15) is 11.1 Å². The number of hydrogen-bond donors (Lipinski definition) is 0. The Balaban J connectivity index is 1.80. The van der Waals surface area contributed by atoms with Crippen molar-refractivity contribution in [3.63, 3.8) is 0 Å². The van der Waals surface area contributed by atoms with E-state index in [1.165, 1.54) is 59.9 Å². The fourth-order valence-corrected chi connectivity index (χ4v) is 6.55. The molecule has 0 radical (unpaired) electrons. The third-order valence-electron chi connectivity index (χ3n) is 7.17. The van der Waals surface area contributed by atoms with Gasteiger partial charge in [-0.2, -0.15) is 0 Å². The Morgan fingerprint density at radius 2 is 1.56 bits per heavy atom. The van der Waals surface area contributed by atoms with E-state index in [0.29, 0.717) is 0 Å². The molecule has 0 saturated heterocycles. The highest BCUT2D eigenvalue weighted by atomic mass is 28.3. The number of ether oxygens (including phenoxy) is 1. The zero-order valence-corrected chi connectivity index (χ0v) is 20.6. The van der Waals surface area contributed by atoms with Crippen LogP contribution in [-0.2, 0) is 7.05 Å². The Kier molecular flexibility index (Phi) is 3.92. The average Bonchev–Trinajstić information content (AvgIpc) is 2.77. The van der Waals surface area contributed by atoms with Crippen LogP contribution in [-0.4, -0.2) is 8.07 Å². The number of pyridine rings is 1. The number of rotatable bonds is 1. The summed E-state index contributed by atoms with van der Waals surface area (Å²) in [7, 11) is 0.664. The quantitative estimate of drug-likeness (QED) is 0.156. The summed E-state index contributed by atoms with van der Waals surface area (Å²) >= 11 is 0. The van der Waals surface area contributed by atoms with E-state index in [1.54, 1.807) is 0 Å². The van der Waals surface area contributed by atoms with Crippen LogP contribution in [0.3, 0.4) is 0 Å². The normalized spacial score (nSPS) is 12.9. The second kappa shape index (κ2) is 6.43. The van der Waals surface area contributed by atoms with Crippen LogP contribution in [0.4, 0.5) is 0 Å². The number of benzene rings is 4. The van der Waals surface area contributed by atoms with E-state index in [4.69, 9.17) is 4.74 Å². The van der Waals surface area contributed by atoms with Gasteiger partial charge in [0.2, 0.25) is 5.69 Å². The molecule has 2 heterocycles. The molecule has 1 aliphatic heterocycles. The minimum atomic E-state index is -1.49. The van der Waals surface area contributed by atoms with E-state index in [9.17, 15) is 0 Å². The van der Waals surface area contributed by atoms with Gasteiger partial charge in [-0.25, -0.2) is 4.57 Å². The molecular weight excluding hydrogens is 406 g/mol. The standard InChI is InChI=1S/C29H28NOSi/c1-17-22-12-11-19-9-7-8-10-23(19)25(22)18(2)29-26(17)28-27-20(13-14-30(28)3)15-21(32(4,5)6)16-24(27)31-29/h7-16H,1-6H3/q+1. The summed E-state index contributed by atoms with van der Waals surface area (Å²) in [5, 5.41) is 9.11. The maximum absolute atomic E-state index is 6.82. The third kappa shape index (κ3) is 2.55. The fourth-order valence-electron chi connectivity index (χ4n) is 5.40. The molecule has 1 aliphatic rings. The summed E-state index contributed by atoms with van der Waals surface area (Å²) in [5.41, 5.74) is 5.00. The van der Waals surface area contributed by atoms with Crippen LogP contribution in [0.25, 0.3) is 43.6 Å². The maximum Gasteiger partial charge on any atom is 0.228 e. The van der Waals surface area contributed by atoms with Crippen molar-refractivity contribution >= 4 is 45.6 Å². The molecule has 0 unspecified atom stereocenters. The van der Waals surface area contributed by atoms with Crippen LogP contribution in [0.5, 0.6) is 11.5 Å². The highest BCUT2D eigenvalue weighted by Gasteiger charge is 2.33. The topological polar surface area (TPSA) is 13.1 Å². The molecular formula is C29H28NOSi+. The van der Waals surface area contributed by atoms with Crippen molar-refractivity contribution in [2.24, 2.45) is 7.05 Å². The highest BCUT2D eigenvalue weighted by Crippen LogP contribution is 2.50. The number of aromatic nitrogens is 1. The predicted molar refractivity (Wildman–Crippen MR) is 138 cm³/mol. The van der Waals surface area contributed by atoms with Crippen molar-refractivity contribution < 1.29 is 9.30 Å². The average molecular weight is 435 g/mol. The van der Waals surface area contributed by atoms with Gasteiger partial charge in [-0.3, -0.25) is 0 Å². The first-order valence-corrected chi connectivity index (χ1v) is 14.9. The lowest BCUT2D eigenvalue weighted by molar-refractivity contribution is -0.659. The Bertz CT molecular complexity index is 1610. The molecule has 32 heavy (non-hydrogen) atoms. The molecule has 0 amide bonds. The molecule has 3 heteroatoms. The SMILES string of the molecule is Cc1c2c(c(C)c3c1ccc1ccccc13)Oc1cc([Si](C)(C)C)cc3cc[n+](C)c-2c13. The monoisotopic (exact) mass is 434 g/mol. The summed E-state index contributed by atoms with van der Waals surface area (Å²) < 4.78 is 9.08. The first-order valence-electron chi connectivity index (χ1n) is 11.4. The second-order valence-corrected chi connectivity index (χ2v) is 15.3. The Morgan fingerprint density at radius 3 is 2.34 bits per heavy atom. The lowest BCUT2D eigenvalue weighted by Gasteiger charge is -2.26. The minimum Gasteiger partial charge on any atom is -0.455 e. The van der Waals surface area contributed by atoms with Crippen LogP contribution >= 0.6 is 0 Å². The molecule has 1 aromatic heterocycles. The van der Waals surface area contributed by atoms with Crippen molar-refractivity contribution in [1.82, 2.24) is 0 Å². The van der Waals surface area contributed by atoms with Gasteiger partial charge in [-0.05, 0) is 52.4 Å². The molecule has 158 valence electrons. The lowest BCUT2D eigenvalue weighted by atomic mass is 9.87. The Hall–Kier alpha value is -3.17. The van der Waals surface area contributed by atoms with Gasteiger partial charge in [0.25, 0.3) is 0 Å². The number of fused-ring (bicyclic) bond motifs is 5. The van der Waals surface area contributed by atoms with Crippen molar-refractivity contribution in [2.45, 2.75) is 33.5 Å². The van der Waals surface area contributed by atoms with Crippen molar-refractivity contribution in [1.29, 1.82) is 0 Å². The molecule has 2 nitrogen and oxygen atoms in total. The fraction of sp³-hybridized carbons (Fsp3) is 0.207. The third-order valence-corrected chi connectivity index (χ3v) is 9.19. The smallest absolute Gasteiger partial charge is 0.228 e. The van der Waals surface area contributed by atoms with E-state index in [0.717, 1.165) is 11.5 Å². The minimum absolute atomic E-state index is 1.00. The second-order valence-electron chi connectivity index (χ2n) is 10.2. The number of hydrogen-bond acceptors (Lipinski definition) is 1. The maximum atomic E-state index is 6.82. The van der Waals surface area contributed by atoms with Crippen molar-refractivity contribution in [3.8, 4) is 22.8 Å². The molecule has 0 N–H and O–H groups in total. The molecule has 0 aliphatic carbocycles. The first-order chi connectivity index (χ1) is 15.3. The molecule has 4 aromatic carbocycles. The van der Waals surface area contributed by atoms with Crippen LogP contribution in [0.15, 0.2) is 60.8 Å². The van der Waals surface area contributed by atoms with E-state index < -0.39 is 8.07 Å². The summed E-state index contributed by atoms with van der Waals surface area (Å²) in [6, 6.07) is 20.1. The Labute approximate surface area is 190 Å². The molecule has 0 atom stereocenters. The molecule has 0 bridgehead atoms. The Morgan fingerprint density at radius 1 is 0.781 bits per heavy atom. The lowest BCUT2D eigenvalue weighted by Crippen LogP contribution is -2.38. The first kappa shape index (κ1) is 19.5. The zero-order valence-electron chi connectivity index (χ0n) is 19.6. The van der Waals surface area contributed by atoms with Gasteiger partial charge >= 0.3 is 0 Å². The predicted octanol–water partition coefficient (Wildman–Crippen LogP) is 6.91. The van der Waals surface area contributed by atoms with Crippen LogP contribution < -0.4 is 14.5 Å². The summed E-state index contributed by atoms with van der Waals surface area (Å²) in [5.74, 6) is 2.01. The molecule has 0 fully saturated rings. The zero-order chi connectivity index (χ0) is 22.4. The van der Waals surface area contributed by atoms with E-state index in [2.05, 4.69) is 106 Å². The summed E-state index contributed by atoms with van der Waals surface area (Å²) in [6.45, 7) is 11.7. The largest absolute Gasteiger partial charge is 0.455 e. The van der Waals surface area contributed by atoms with E-state index >= 15 is 0 Å². The molecule has 0 saturated carbocycles. The number of nitrogens with zero attached hydrogens (tertiary/aromatic N) is 1. The van der Waals surface area contributed by atoms with Crippen molar-refractivity contribution in [3.05, 3.63) is 71.9 Å². The molecule has 0 spiro atoms.